The molecule has 29 heavy (non-hydrogen) atoms. The zero-order valence-corrected chi connectivity index (χ0v) is 18.3. The van der Waals surface area contributed by atoms with E-state index >= 15 is 0 Å². The molecule has 7 heteroatoms. The Morgan fingerprint density at radius 1 is 1.07 bits per heavy atom. The van der Waals surface area contributed by atoms with Crippen LogP contribution in [-0.2, 0) is 10.0 Å². The van der Waals surface area contributed by atoms with Crippen molar-refractivity contribution in [3.63, 3.8) is 0 Å². The summed E-state index contributed by atoms with van der Waals surface area (Å²) >= 11 is 1.18. The predicted molar refractivity (Wildman–Crippen MR) is 118 cm³/mol. The molecule has 1 N–H and O–H groups in total. The third-order valence-corrected chi connectivity index (χ3v) is 8.04. The van der Waals surface area contributed by atoms with Crippen molar-refractivity contribution in [1.29, 1.82) is 0 Å². The van der Waals surface area contributed by atoms with E-state index in [9.17, 15) is 13.2 Å². The summed E-state index contributed by atoms with van der Waals surface area (Å²) in [5.41, 5.74) is 3.22. The highest BCUT2D eigenvalue weighted by Gasteiger charge is 2.22. The Hall–Kier alpha value is -2.64. The quantitative estimate of drug-likeness (QED) is 0.590. The molecule has 1 atom stereocenters. The van der Waals surface area contributed by atoms with Crippen LogP contribution in [0.25, 0.3) is 0 Å². The molecule has 0 bridgehead atoms. The molecule has 1 aromatic heterocycles. The molecule has 0 aliphatic carbocycles. The molecular weight excluding hydrogens is 404 g/mol. The van der Waals surface area contributed by atoms with Crippen molar-refractivity contribution in [3.05, 3.63) is 82.7 Å². The second-order valence-corrected chi connectivity index (χ2v) is 9.89. The average Bonchev–Trinajstić information content (AvgIpc) is 3.28. The second-order valence-electron chi connectivity index (χ2n) is 6.74. The van der Waals surface area contributed by atoms with E-state index in [1.165, 1.54) is 22.7 Å². The molecule has 0 aliphatic heterocycles. The molecule has 0 aliphatic rings. The van der Waals surface area contributed by atoms with Crippen LogP contribution in [0.5, 0.6) is 0 Å². The molecule has 5 nitrogen and oxygen atoms in total. The maximum Gasteiger partial charge on any atom is 0.273 e. The van der Waals surface area contributed by atoms with Crippen LogP contribution in [0.1, 0.15) is 40.9 Å². The van der Waals surface area contributed by atoms with Crippen molar-refractivity contribution >= 4 is 33.0 Å². The van der Waals surface area contributed by atoms with E-state index in [-0.39, 0.29) is 16.2 Å². The SMILES string of the molecule is CC[C@@H](NC(=O)c1ccc(N(C)S(=O)(=O)c2cccs2)cc1)c1ccccc1C. The smallest absolute Gasteiger partial charge is 0.273 e. The Morgan fingerprint density at radius 3 is 2.34 bits per heavy atom. The predicted octanol–water partition coefficient (Wildman–Crippen LogP) is 4.76. The minimum Gasteiger partial charge on any atom is -0.345 e. The van der Waals surface area contributed by atoms with E-state index in [0.29, 0.717) is 11.3 Å². The molecule has 0 radical (unpaired) electrons. The molecule has 152 valence electrons. The maximum atomic E-state index is 12.7. The molecule has 1 heterocycles. The zero-order chi connectivity index (χ0) is 21.0. The van der Waals surface area contributed by atoms with Crippen molar-refractivity contribution in [2.24, 2.45) is 0 Å². The molecule has 0 saturated heterocycles. The first-order valence-corrected chi connectivity index (χ1v) is 11.7. The van der Waals surface area contributed by atoms with E-state index in [4.69, 9.17) is 0 Å². The lowest BCUT2D eigenvalue weighted by atomic mass is 9.99. The summed E-state index contributed by atoms with van der Waals surface area (Å²) in [5.74, 6) is -0.185. The monoisotopic (exact) mass is 428 g/mol. The fraction of sp³-hybridized carbons (Fsp3) is 0.227. The summed E-state index contributed by atoms with van der Waals surface area (Å²) in [7, 11) is -2.08. The van der Waals surface area contributed by atoms with E-state index in [0.717, 1.165) is 17.5 Å². The van der Waals surface area contributed by atoms with Crippen molar-refractivity contribution in [2.45, 2.75) is 30.5 Å². The van der Waals surface area contributed by atoms with Crippen LogP contribution in [-0.4, -0.2) is 21.4 Å². The Labute approximate surface area is 176 Å². The number of carbonyl (C=O) groups excluding carboxylic acids is 1. The lowest BCUT2D eigenvalue weighted by Crippen LogP contribution is -2.29. The molecular formula is C22H24N2O3S2. The summed E-state index contributed by atoms with van der Waals surface area (Å²) in [6, 6.07) is 17.8. The van der Waals surface area contributed by atoms with Crippen LogP contribution < -0.4 is 9.62 Å². The first-order chi connectivity index (χ1) is 13.8. The van der Waals surface area contributed by atoms with Crippen LogP contribution in [0.15, 0.2) is 70.3 Å². The number of sulfonamides is 1. The molecule has 0 saturated carbocycles. The van der Waals surface area contributed by atoms with Crippen LogP contribution in [0.4, 0.5) is 5.69 Å². The Kier molecular flexibility index (Phi) is 6.39. The van der Waals surface area contributed by atoms with Gasteiger partial charge in [-0.1, -0.05) is 37.3 Å². The third kappa shape index (κ3) is 4.52. The van der Waals surface area contributed by atoms with Gasteiger partial charge in [-0.2, -0.15) is 0 Å². The van der Waals surface area contributed by atoms with Crippen molar-refractivity contribution in [2.75, 3.05) is 11.4 Å². The number of nitrogens with one attached hydrogen (secondary N) is 1. The number of thiophene rings is 1. The molecule has 0 spiro atoms. The number of nitrogens with zero attached hydrogens (tertiary/aromatic N) is 1. The van der Waals surface area contributed by atoms with Gasteiger partial charge in [0, 0.05) is 12.6 Å². The Morgan fingerprint density at radius 2 is 1.76 bits per heavy atom. The van der Waals surface area contributed by atoms with Crippen molar-refractivity contribution in [3.8, 4) is 0 Å². The van der Waals surface area contributed by atoms with Gasteiger partial charge in [-0.15, -0.1) is 11.3 Å². The lowest BCUT2D eigenvalue weighted by molar-refractivity contribution is 0.0935. The Balaban J connectivity index is 1.76. The highest BCUT2D eigenvalue weighted by Crippen LogP contribution is 2.26. The van der Waals surface area contributed by atoms with Gasteiger partial charge in [-0.05, 0) is 60.2 Å². The molecule has 0 fully saturated rings. The highest BCUT2D eigenvalue weighted by molar-refractivity contribution is 7.94. The van der Waals surface area contributed by atoms with Crippen LogP contribution >= 0.6 is 11.3 Å². The van der Waals surface area contributed by atoms with E-state index in [1.807, 2.05) is 38.1 Å². The van der Waals surface area contributed by atoms with E-state index in [2.05, 4.69) is 5.32 Å². The molecule has 1 amide bonds. The standard InChI is InChI=1S/C22H24N2O3S2/c1-4-20(19-9-6-5-8-16(19)2)23-22(25)17-11-13-18(14-12-17)24(3)29(26,27)21-10-7-15-28-21/h5-15,20H,4H2,1-3H3,(H,23,25)/t20-/m1/s1. The first-order valence-electron chi connectivity index (χ1n) is 9.33. The summed E-state index contributed by atoms with van der Waals surface area (Å²) in [6.07, 6.45) is 0.774. The number of amides is 1. The summed E-state index contributed by atoms with van der Waals surface area (Å²) in [5, 5.41) is 4.80. The fourth-order valence-electron chi connectivity index (χ4n) is 3.13. The zero-order valence-electron chi connectivity index (χ0n) is 16.6. The number of rotatable bonds is 7. The Bertz CT molecular complexity index is 1080. The first kappa shape index (κ1) is 21.1. The molecule has 3 rings (SSSR count). The van der Waals surface area contributed by atoms with Gasteiger partial charge in [0.2, 0.25) is 0 Å². The van der Waals surface area contributed by atoms with Gasteiger partial charge in [0.25, 0.3) is 15.9 Å². The van der Waals surface area contributed by atoms with Gasteiger partial charge in [-0.25, -0.2) is 8.42 Å². The lowest BCUT2D eigenvalue weighted by Gasteiger charge is -2.20. The number of benzene rings is 2. The largest absolute Gasteiger partial charge is 0.345 e. The minimum absolute atomic E-state index is 0.0785. The van der Waals surface area contributed by atoms with Gasteiger partial charge < -0.3 is 5.32 Å². The third-order valence-electron chi connectivity index (χ3n) is 4.88. The molecule has 3 aromatic rings. The van der Waals surface area contributed by atoms with Gasteiger partial charge >= 0.3 is 0 Å². The number of aryl methyl sites for hydroxylation is 1. The van der Waals surface area contributed by atoms with E-state index < -0.39 is 10.0 Å². The fourth-order valence-corrected chi connectivity index (χ4v) is 5.48. The molecule has 2 aromatic carbocycles. The van der Waals surface area contributed by atoms with Crippen LogP contribution in [0.2, 0.25) is 0 Å². The van der Waals surface area contributed by atoms with Crippen LogP contribution in [0, 0.1) is 6.92 Å². The van der Waals surface area contributed by atoms with Crippen LogP contribution in [0.3, 0.4) is 0 Å². The van der Waals surface area contributed by atoms with Gasteiger partial charge in [0.05, 0.1) is 11.7 Å². The van der Waals surface area contributed by atoms with Gasteiger partial charge in [-0.3, -0.25) is 9.10 Å². The minimum atomic E-state index is -3.59. The number of carbonyl (C=O) groups is 1. The highest BCUT2D eigenvalue weighted by atomic mass is 32.2. The van der Waals surface area contributed by atoms with Crippen molar-refractivity contribution < 1.29 is 13.2 Å². The van der Waals surface area contributed by atoms with E-state index in [1.54, 1.807) is 41.8 Å². The average molecular weight is 429 g/mol. The summed E-state index contributed by atoms with van der Waals surface area (Å²) < 4.78 is 26.8. The normalized spacial score (nSPS) is 12.4. The number of anilines is 1. The number of hydrogen-bond donors (Lipinski definition) is 1. The topological polar surface area (TPSA) is 66.5 Å². The van der Waals surface area contributed by atoms with Gasteiger partial charge in [0.15, 0.2) is 0 Å². The van der Waals surface area contributed by atoms with Crippen molar-refractivity contribution in [1.82, 2.24) is 5.32 Å². The number of hydrogen-bond acceptors (Lipinski definition) is 4. The van der Waals surface area contributed by atoms with Gasteiger partial charge in [0.1, 0.15) is 4.21 Å². The summed E-state index contributed by atoms with van der Waals surface area (Å²) in [4.78, 5) is 12.7. The summed E-state index contributed by atoms with van der Waals surface area (Å²) in [6.45, 7) is 4.06. The maximum absolute atomic E-state index is 12.7. The molecule has 0 unspecified atom stereocenters. The second kappa shape index (κ2) is 8.80.